The second-order valence-electron chi connectivity index (χ2n) is 7.67. The quantitative estimate of drug-likeness (QED) is 0.573. The van der Waals surface area contributed by atoms with Gasteiger partial charge >= 0.3 is 6.03 Å². The third kappa shape index (κ3) is 5.70. The van der Waals surface area contributed by atoms with E-state index in [-0.39, 0.29) is 24.5 Å². The molecule has 0 spiro atoms. The average molecular weight is 451 g/mol. The van der Waals surface area contributed by atoms with Crippen molar-refractivity contribution >= 4 is 40.8 Å². The fourth-order valence-corrected chi connectivity index (χ4v) is 3.78. The van der Waals surface area contributed by atoms with Gasteiger partial charge < -0.3 is 19.7 Å². The first kappa shape index (κ1) is 22.5. The summed E-state index contributed by atoms with van der Waals surface area (Å²) < 4.78 is 2.01. The second-order valence-corrected chi connectivity index (χ2v) is 8.48. The van der Waals surface area contributed by atoms with E-state index in [0.717, 1.165) is 31.4 Å². The molecule has 6 nitrogen and oxygen atoms in total. The van der Waals surface area contributed by atoms with E-state index in [1.807, 2.05) is 34.8 Å². The number of urea groups is 1. The molecule has 0 atom stereocenters. The Hall–Kier alpha value is -2.18. The molecule has 3 rings (SSSR count). The van der Waals surface area contributed by atoms with Crippen molar-refractivity contribution in [1.29, 1.82) is 0 Å². The summed E-state index contributed by atoms with van der Waals surface area (Å²) in [4.78, 5) is 29.6. The maximum absolute atomic E-state index is 13.2. The Morgan fingerprint density at radius 1 is 1.17 bits per heavy atom. The maximum atomic E-state index is 13.2. The number of hydrogen-bond donors (Lipinski definition) is 1. The van der Waals surface area contributed by atoms with Crippen LogP contribution in [0, 0.1) is 0 Å². The lowest BCUT2D eigenvalue weighted by Crippen LogP contribution is -2.45. The predicted octanol–water partition coefficient (Wildman–Crippen LogP) is 5.16. The molecule has 30 heavy (non-hydrogen) atoms. The topological polar surface area (TPSA) is 57.6 Å². The van der Waals surface area contributed by atoms with E-state index < -0.39 is 0 Å². The summed E-state index contributed by atoms with van der Waals surface area (Å²) in [5, 5.41) is 3.52. The molecular formula is C22H28Cl2N4O2. The van der Waals surface area contributed by atoms with Crippen LogP contribution in [0.1, 0.15) is 38.3 Å². The Morgan fingerprint density at radius 3 is 2.43 bits per heavy atom. The van der Waals surface area contributed by atoms with Gasteiger partial charge in [0.2, 0.25) is 5.91 Å². The zero-order chi connectivity index (χ0) is 21.7. The highest BCUT2D eigenvalue weighted by Crippen LogP contribution is 2.32. The molecule has 162 valence electrons. The van der Waals surface area contributed by atoms with Crippen LogP contribution in [-0.4, -0.2) is 45.4 Å². The number of amides is 3. The van der Waals surface area contributed by atoms with Crippen LogP contribution in [0.3, 0.4) is 0 Å². The van der Waals surface area contributed by atoms with Gasteiger partial charge in [-0.2, -0.15) is 0 Å². The minimum Gasteiger partial charge on any atom is -0.353 e. The summed E-state index contributed by atoms with van der Waals surface area (Å²) in [6, 6.07) is 8.75. The van der Waals surface area contributed by atoms with Crippen LogP contribution < -0.4 is 5.32 Å². The monoisotopic (exact) mass is 450 g/mol. The van der Waals surface area contributed by atoms with E-state index in [4.69, 9.17) is 23.2 Å². The first-order valence-corrected chi connectivity index (χ1v) is 11.1. The van der Waals surface area contributed by atoms with Gasteiger partial charge in [0.1, 0.15) is 6.54 Å². The summed E-state index contributed by atoms with van der Waals surface area (Å²) in [5.41, 5.74) is 1.43. The molecule has 1 aromatic heterocycles. The number of benzene rings is 1. The van der Waals surface area contributed by atoms with Crippen molar-refractivity contribution in [3.63, 3.8) is 0 Å². The number of para-hydroxylation sites is 1. The van der Waals surface area contributed by atoms with Gasteiger partial charge in [-0.25, -0.2) is 4.79 Å². The van der Waals surface area contributed by atoms with Crippen LogP contribution in [0.5, 0.6) is 0 Å². The van der Waals surface area contributed by atoms with Crippen LogP contribution in [-0.2, 0) is 18.4 Å². The molecule has 0 bridgehead atoms. The smallest absolute Gasteiger partial charge is 0.322 e. The van der Waals surface area contributed by atoms with Gasteiger partial charge in [-0.3, -0.25) is 4.79 Å². The molecule has 3 amide bonds. The first-order valence-electron chi connectivity index (χ1n) is 10.3. The molecule has 0 saturated heterocycles. The van der Waals surface area contributed by atoms with E-state index in [0.29, 0.717) is 28.8 Å². The standard InChI is InChI=1S/C22H28Cl2N4O2/c1-3-4-13-27(14-17-7-6-12-26(17)2)20(29)15-28(16-10-11-16)22(30)25-21-18(23)8-5-9-19(21)24/h5-9,12,16H,3-4,10-11,13-15H2,1-2H3,(H,25,30). The minimum absolute atomic E-state index is 0.0344. The van der Waals surface area contributed by atoms with Crippen molar-refractivity contribution in [2.75, 3.05) is 18.4 Å². The lowest BCUT2D eigenvalue weighted by molar-refractivity contribution is -0.132. The number of nitrogens with zero attached hydrogens (tertiary/aromatic N) is 3. The number of halogens is 2. The Kier molecular flexibility index (Phi) is 7.67. The van der Waals surface area contributed by atoms with Crippen LogP contribution in [0.4, 0.5) is 10.5 Å². The molecule has 1 heterocycles. The lowest BCUT2D eigenvalue weighted by atomic mass is 10.2. The Labute approximate surface area is 187 Å². The fraction of sp³-hybridized carbons (Fsp3) is 0.455. The van der Waals surface area contributed by atoms with Crippen LogP contribution in [0.25, 0.3) is 0 Å². The summed E-state index contributed by atoms with van der Waals surface area (Å²) in [6.45, 7) is 3.32. The van der Waals surface area contributed by atoms with Crippen LogP contribution >= 0.6 is 23.2 Å². The van der Waals surface area contributed by atoms with Gasteiger partial charge in [-0.05, 0) is 43.5 Å². The Morgan fingerprint density at radius 2 is 1.87 bits per heavy atom. The van der Waals surface area contributed by atoms with E-state index in [1.165, 1.54) is 0 Å². The molecule has 1 aliphatic carbocycles. The van der Waals surface area contributed by atoms with Gasteiger partial charge in [0.25, 0.3) is 0 Å². The number of aryl methyl sites for hydroxylation is 1. The average Bonchev–Trinajstić information content (AvgIpc) is 3.48. The third-order valence-corrected chi connectivity index (χ3v) is 5.92. The molecule has 1 aromatic carbocycles. The van der Waals surface area contributed by atoms with E-state index in [2.05, 4.69) is 12.2 Å². The summed E-state index contributed by atoms with van der Waals surface area (Å²) >= 11 is 12.4. The fourth-order valence-electron chi connectivity index (χ4n) is 3.29. The van der Waals surface area contributed by atoms with Crippen molar-refractivity contribution in [3.8, 4) is 0 Å². The molecule has 0 radical (unpaired) electrons. The molecule has 0 aliphatic heterocycles. The van der Waals surface area contributed by atoms with Crippen molar-refractivity contribution in [2.45, 2.75) is 45.2 Å². The summed E-state index contributed by atoms with van der Waals surface area (Å²) in [5.74, 6) is -0.0584. The van der Waals surface area contributed by atoms with Crippen LogP contribution in [0.2, 0.25) is 10.0 Å². The van der Waals surface area contributed by atoms with Gasteiger partial charge in [0.05, 0.1) is 22.3 Å². The van der Waals surface area contributed by atoms with Crippen molar-refractivity contribution in [2.24, 2.45) is 7.05 Å². The number of rotatable bonds is 9. The highest BCUT2D eigenvalue weighted by Gasteiger charge is 2.35. The maximum Gasteiger partial charge on any atom is 0.322 e. The van der Waals surface area contributed by atoms with E-state index >= 15 is 0 Å². The molecule has 1 fully saturated rings. The number of unbranched alkanes of at least 4 members (excludes halogenated alkanes) is 1. The second kappa shape index (κ2) is 10.2. The molecule has 1 aliphatic rings. The van der Waals surface area contributed by atoms with Gasteiger partial charge in [0, 0.05) is 31.5 Å². The first-order chi connectivity index (χ1) is 14.4. The number of nitrogens with one attached hydrogen (secondary N) is 1. The minimum atomic E-state index is -0.352. The summed E-state index contributed by atoms with van der Waals surface area (Å²) in [7, 11) is 1.97. The number of carbonyl (C=O) groups excluding carboxylic acids is 2. The van der Waals surface area contributed by atoms with Crippen molar-refractivity contribution in [1.82, 2.24) is 14.4 Å². The Balaban J connectivity index is 1.71. The van der Waals surface area contributed by atoms with Crippen LogP contribution in [0.15, 0.2) is 36.5 Å². The molecule has 1 saturated carbocycles. The lowest BCUT2D eigenvalue weighted by Gasteiger charge is -2.28. The Bertz CT molecular complexity index is 875. The number of hydrogen-bond acceptors (Lipinski definition) is 2. The predicted molar refractivity (Wildman–Crippen MR) is 121 cm³/mol. The van der Waals surface area contributed by atoms with Gasteiger partial charge in [0.15, 0.2) is 0 Å². The van der Waals surface area contributed by atoms with Gasteiger partial charge in [-0.1, -0.05) is 42.6 Å². The van der Waals surface area contributed by atoms with Gasteiger partial charge in [-0.15, -0.1) is 0 Å². The van der Waals surface area contributed by atoms with E-state index in [1.54, 1.807) is 23.1 Å². The third-order valence-electron chi connectivity index (χ3n) is 5.29. The summed E-state index contributed by atoms with van der Waals surface area (Å²) in [6.07, 6.45) is 5.66. The number of aromatic nitrogens is 1. The zero-order valence-corrected chi connectivity index (χ0v) is 18.9. The normalized spacial score (nSPS) is 13.2. The SMILES string of the molecule is CCCCN(Cc1cccn1C)C(=O)CN(C(=O)Nc1c(Cl)cccc1Cl)C1CC1. The number of anilines is 1. The zero-order valence-electron chi connectivity index (χ0n) is 17.4. The number of carbonyl (C=O) groups is 2. The highest BCUT2D eigenvalue weighted by atomic mass is 35.5. The van der Waals surface area contributed by atoms with E-state index in [9.17, 15) is 9.59 Å². The highest BCUT2D eigenvalue weighted by molar-refractivity contribution is 6.39. The molecule has 8 heteroatoms. The molecule has 0 unspecified atom stereocenters. The molecule has 1 N–H and O–H groups in total. The largest absolute Gasteiger partial charge is 0.353 e. The van der Waals surface area contributed by atoms with Crippen molar-refractivity contribution < 1.29 is 9.59 Å². The van der Waals surface area contributed by atoms with Crippen molar-refractivity contribution in [3.05, 3.63) is 52.3 Å². The molecular weight excluding hydrogens is 423 g/mol. The molecule has 2 aromatic rings.